The van der Waals surface area contributed by atoms with Crippen LogP contribution in [0.1, 0.15) is 10.4 Å². The quantitative estimate of drug-likeness (QED) is 0.594. The highest BCUT2D eigenvalue weighted by molar-refractivity contribution is 9.10. The number of carbonyl (C=O) groups is 1. The van der Waals surface area contributed by atoms with E-state index in [0.717, 1.165) is 8.71 Å². The number of halogens is 1. The minimum Gasteiger partial charge on any atom is -0.289 e. The van der Waals surface area contributed by atoms with E-state index in [9.17, 15) is 4.79 Å². The Bertz CT molecular complexity index is 442. The normalized spacial score (nSPS) is 14.3. The number of thioether (sulfide) groups is 2. The van der Waals surface area contributed by atoms with E-state index in [1.807, 2.05) is 35.1 Å². The summed E-state index contributed by atoms with van der Waals surface area (Å²) in [6.07, 6.45) is 1.68. The molecule has 2 rings (SSSR count). The van der Waals surface area contributed by atoms with Crippen molar-refractivity contribution in [1.82, 2.24) is 0 Å². The molecule has 0 aliphatic carbocycles. The van der Waals surface area contributed by atoms with Crippen molar-refractivity contribution in [3.05, 3.63) is 55.4 Å². The molecule has 0 saturated heterocycles. The second-order valence-electron chi connectivity index (χ2n) is 2.82. The maximum atomic E-state index is 11.9. The van der Waals surface area contributed by atoms with Crippen LogP contribution in [0, 0.1) is 0 Å². The summed E-state index contributed by atoms with van der Waals surface area (Å²) < 4.78 is 1.86. The first kappa shape index (κ1) is 11.0. The molecular formula is C11H7BrOS2. The van der Waals surface area contributed by atoms with Gasteiger partial charge < -0.3 is 0 Å². The van der Waals surface area contributed by atoms with Crippen molar-refractivity contribution >= 4 is 45.2 Å². The molecule has 1 aliphatic heterocycles. The van der Waals surface area contributed by atoms with Crippen LogP contribution in [-0.4, -0.2) is 5.78 Å². The third-order valence-corrected chi connectivity index (χ3v) is 4.50. The van der Waals surface area contributed by atoms with Crippen LogP contribution >= 0.6 is 39.5 Å². The monoisotopic (exact) mass is 298 g/mol. The van der Waals surface area contributed by atoms with E-state index >= 15 is 0 Å². The van der Waals surface area contributed by atoms with Crippen LogP contribution < -0.4 is 0 Å². The van der Waals surface area contributed by atoms with Gasteiger partial charge in [-0.15, -0.1) is 0 Å². The maximum Gasteiger partial charge on any atom is 0.188 e. The SMILES string of the molecule is O=C(C=C1SC=CS1)c1ccccc1Br. The maximum absolute atomic E-state index is 11.9. The van der Waals surface area contributed by atoms with Crippen molar-refractivity contribution in [1.29, 1.82) is 0 Å². The average Bonchev–Trinajstić information content (AvgIpc) is 2.71. The molecule has 0 saturated carbocycles. The highest BCUT2D eigenvalue weighted by Crippen LogP contribution is 2.37. The largest absolute Gasteiger partial charge is 0.289 e. The number of benzene rings is 1. The highest BCUT2D eigenvalue weighted by atomic mass is 79.9. The lowest BCUT2D eigenvalue weighted by molar-refractivity contribution is 0.104. The number of hydrogen-bond acceptors (Lipinski definition) is 3. The van der Waals surface area contributed by atoms with Crippen molar-refractivity contribution < 1.29 is 4.79 Å². The number of hydrogen-bond donors (Lipinski definition) is 0. The van der Waals surface area contributed by atoms with Gasteiger partial charge in [0.1, 0.15) is 0 Å². The average molecular weight is 299 g/mol. The minimum atomic E-state index is 0.0428. The Morgan fingerprint density at radius 1 is 1.20 bits per heavy atom. The van der Waals surface area contributed by atoms with Gasteiger partial charge in [0.15, 0.2) is 5.78 Å². The van der Waals surface area contributed by atoms with E-state index in [2.05, 4.69) is 15.9 Å². The Balaban J connectivity index is 2.22. The minimum absolute atomic E-state index is 0.0428. The molecule has 1 heterocycles. The van der Waals surface area contributed by atoms with E-state index in [0.29, 0.717) is 5.56 Å². The number of ketones is 1. The molecule has 1 nitrogen and oxygen atoms in total. The Morgan fingerprint density at radius 2 is 1.87 bits per heavy atom. The van der Waals surface area contributed by atoms with Crippen LogP contribution in [0.25, 0.3) is 0 Å². The van der Waals surface area contributed by atoms with E-state index in [1.54, 1.807) is 29.6 Å². The van der Waals surface area contributed by atoms with Crippen LogP contribution in [0.5, 0.6) is 0 Å². The van der Waals surface area contributed by atoms with Gasteiger partial charge in [-0.05, 0) is 22.9 Å². The van der Waals surface area contributed by atoms with Gasteiger partial charge in [-0.1, -0.05) is 51.6 Å². The zero-order valence-corrected chi connectivity index (χ0v) is 10.9. The zero-order chi connectivity index (χ0) is 10.7. The topological polar surface area (TPSA) is 17.1 Å². The summed E-state index contributed by atoms with van der Waals surface area (Å²) in [4.78, 5) is 11.9. The fraction of sp³-hybridized carbons (Fsp3) is 0. The molecule has 76 valence electrons. The van der Waals surface area contributed by atoms with Gasteiger partial charge in [-0.2, -0.15) is 0 Å². The lowest BCUT2D eigenvalue weighted by atomic mass is 10.1. The lowest BCUT2D eigenvalue weighted by Gasteiger charge is -1.99. The second-order valence-corrected chi connectivity index (χ2v) is 5.82. The molecule has 1 aliphatic rings. The fourth-order valence-electron chi connectivity index (χ4n) is 1.13. The van der Waals surface area contributed by atoms with Gasteiger partial charge in [0, 0.05) is 16.1 Å². The van der Waals surface area contributed by atoms with Crippen molar-refractivity contribution in [3.63, 3.8) is 0 Å². The van der Waals surface area contributed by atoms with Crippen molar-refractivity contribution in [2.45, 2.75) is 0 Å². The fourth-order valence-corrected chi connectivity index (χ4v) is 3.23. The summed E-state index contributed by atoms with van der Waals surface area (Å²) in [6, 6.07) is 7.46. The number of rotatable bonds is 2. The Morgan fingerprint density at radius 3 is 2.53 bits per heavy atom. The first-order chi connectivity index (χ1) is 7.27. The molecule has 0 atom stereocenters. The van der Waals surface area contributed by atoms with Gasteiger partial charge in [-0.3, -0.25) is 4.79 Å². The van der Waals surface area contributed by atoms with Gasteiger partial charge in [0.05, 0.1) is 4.24 Å². The van der Waals surface area contributed by atoms with Gasteiger partial charge >= 0.3 is 0 Å². The Labute approximate surface area is 105 Å². The molecular weight excluding hydrogens is 292 g/mol. The molecule has 0 radical (unpaired) electrons. The molecule has 0 unspecified atom stereocenters. The predicted octanol–water partition coefficient (Wildman–Crippen LogP) is 4.42. The predicted molar refractivity (Wildman–Crippen MR) is 70.9 cm³/mol. The molecule has 0 bridgehead atoms. The van der Waals surface area contributed by atoms with Crippen LogP contribution in [-0.2, 0) is 0 Å². The summed E-state index contributed by atoms with van der Waals surface area (Å²) in [5.41, 5.74) is 0.707. The zero-order valence-electron chi connectivity index (χ0n) is 7.64. The molecule has 1 aromatic rings. The summed E-state index contributed by atoms with van der Waals surface area (Å²) in [5.74, 6) is 0.0428. The highest BCUT2D eigenvalue weighted by Gasteiger charge is 2.09. The molecule has 0 spiro atoms. The van der Waals surface area contributed by atoms with Crippen molar-refractivity contribution in [2.75, 3.05) is 0 Å². The number of carbonyl (C=O) groups excluding carboxylic acids is 1. The molecule has 0 fully saturated rings. The summed E-state index contributed by atoms with van der Waals surface area (Å²) in [7, 11) is 0. The van der Waals surface area contributed by atoms with E-state index in [4.69, 9.17) is 0 Å². The first-order valence-electron chi connectivity index (χ1n) is 4.26. The van der Waals surface area contributed by atoms with Crippen molar-refractivity contribution in [3.8, 4) is 0 Å². The summed E-state index contributed by atoms with van der Waals surface area (Å²) in [6.45, 7) is 0. The van der Waals surface area contributed by atoms with E-state index in [1.165, 1.54) is 0 Å². The third-order valence-electron chi connectivity index (χ3n) is 1.81. The van der Waals surface area contributed by atoms with Crippen LogP contribution in [0.2, 0.25) is 0 Å². The standard InChI is InChI=1S/C11H7BrOS2/c12-9-4-2-1-3-8(9)10(13)7-11-14-5-6-15-11/h1-7H. The first-order valence-corrected chi connectivity index (χ1v) is 6.81. The van der Waals surface area contributed by atoms with E-state index in [-0.39, 0.29) is 5.78 Å². The number of allylic oxidation sites excluding steroid dienone is 1. The summed E-state index contributed by atoms with van der Waals surface area (Å²) in [5, 5.41) is 3.95. The van der Waals surface area contributed by atoms with Gasteiger partial charge in [0.2, 0.25) is 0 Å². The molecule has 4 heteroatoms. The summed E-state index contributed by atoms with van der Waals surface area (Å²) >= 11 is 6.52. The molecule has 1 aromatic carbocycles. The molecule has 0 aromatic heterocycles. The second kappa shape index (κ2) is 5.05. The van der Waals surface area contributed by atoms with Crippen LogP contribution in [0.15, 0.2) is 49.9 Å². The molecule has 0 N–H and O–H groups in total. The Hall–Kier alpha value is -0.450. The molecule has 15 heavy (non-hydrogen) atoms. The van der Waals surface area contributed by atoms with Crippen molar-refractivity contribution in [2.24, 2.45) is 0 Å². The van der Waals surface area contributed by atoms with E-state index < -0.39 is 0 Å². The smallest absolute Gasteiger partial charge is 0.188 e. The third kappa shape index (κ3) is 2.77. The van der Waals surface area contributed by atoms with Crippen LogP contribution in [0.3, 0.4) is 0 Å². The van der Waals surface area contributed by atoms with Gasteiger partial charge in [-0.25, -0.2) is 0 Å². The Kier molecular flexibility index (Phi) is 3.72. The van der Waals surface area contributed by atoms with Crippen LogP contribution in [0.4, 0.5) is 0 Å². The molecule has 0 amide bonds. The lowest BCUT2D eigenvalue weighted by Crippen LogP contribution is -1.95. The van der Waals surface area contributed by atoms with Gasteiger partial charge in [0.25, 0.3) is 0 Å².